The summed E-state index contributed by atoms with van der Waals surface area (Å²) in [7, 11) is 0. The predicted octanol–water partition coefficient (Wildman–Crippen LogP) is 2.96. The van der Waals surface area contributed by atoms with Gasteiger partial charge in [-0.2, -0.15) is 0 Å². The van der Waals surface area contributed by atoms with Gasteiger partial charge < -0.3 is 4.74 Å². The summed E-state index contributed by atoms with van der Waals surface area (Å²) in [6.07, 6.45) is 9.91. The minimum absolute atomic E-state index is 0. The molecule has 0 saturated carbocycles. The number of ether oxygens (including phenoxy) is 1. The molecule has 0 heterocycles. The number of carbonyl (C=O) groups is 2. The van der Waals surface area contributed by atoms with Crippen LogP contribution in [-0.4, -0.2) is 41.5 Å². The van der Waals surface area contributed by atoms with Gasteiger partial charge in [-0.05, 0) is 6.42 Å². The molecule has 3 nitrogen and oxygen atoms in total. The normalized spacial score (nSPS) is 9.53. The first kappa shape index (κ1) is 19.5. The van der Waals surface area contributed by atoms with E-state index in [4.69, 9.17) is 0 Å². The van der Waals surface area contributed by atoms with Gasteiger partial charge in [0.1, 0.15) is 0 Å². The van der Waals surface area contributed by atoms with E-state index < -0.39 is 11.9 Å². The number of hydrogen-bond acceptors (Lipinski definition) is 3. The van der Waals surface area contributed by atoms with E-state index in [1.807, 2.05) is 0 Å². The quantitative estimate of drug-likeness (QED) is 0.274. The van der Waals surface area contributed by atoms with Crippen LogP contribution in [0, 0.1) is 0 Å². The molecule has 0 aromatic carbocycles. The molecular weight excluding hydrogens is 227 g/mol. The summed E-state index contributed by atoms with van der Waals surface area (Å²) in [5.74, 6) is -0.900. The Morgan fingerprint density at radius 2 is 1.35 bits per heavy atom. The van der Waals surface area contributed by atoms with Gasteiger partial charge in [0.15, 0.2) is 0 Å². The molecule has 0 aliphatic heterocycles. The van der Waals surface area contributed by atoms with Crippen LogP contribution in [0.1, 0.15) is 71.6 Å². The van der Waals surface area contributed by atoms with Crippen molar-refractivity contribution in [1.29, 1.82) is 0 Å². The molecule has 0 aromatic rings. The Bertz CT molecular complexity index is 205. The molecule has 0 unspecified atom stereocenters. The fourth-order valence-electron chi connectivity index (χ4n) is 1.61. The van der Waals surface area contributed by atoms with Gasteiger partial charge in [0.2, 0.25) is 0 Å². The van der Waals surface area contributed by atoms with Gasteiger partial charge in [0.25, 0.3) is 0 Å². The minimum atomic E-state index is -0.510. The van der Waals surface area contributed by atoms with E-state index in [0.29, 0.717) is 6.42 Å². The maximum absolute atomic E-state index is 11.0. The Morgan fingerprint density at radius 3 is 1.82 bits per heavy atom. The Hall–Kier alpha value is 0.140. The van der Waals surface area contributed by atoms with Crippen LogP contribution in [0.4, 0.5) is 0 Å². The van der Waals surface area contributed by atoms with Gasteiger partial charge in [-0.15, -0.1) is 0 Å². The topological polar surface area (TPSA) is 43.4 Å². The van der Waals surface area contributed by atoms with Crippen LogP contribution in [-0.2, 0) is 14.3 Å². The molecule has 0 spiro atoms. The van der Waals surface area contributed by atoms with Crippen LogP contribution in [0.25, 0.3) is 0 Å². The van der Waals surface area contributed by atoms with E-state index in [0.717, 1.165) is 12.8 Å². The molecule has 0 aromatic heterocycles. The Balaban J connectivity index is 0. The summed E-state index contributed by atoms with van der Waals surface area (Å²) >= 11 is 0. The Kier molecular flexibility index (Phi) is 16.3. The van der Waals surface area contributed by atoms with E-state index in [1.165, 1.54) is 45.4 Å². The van der Waals surface area contributed by atoms with Gasteiger partial charge in [-0.1, -0.05) is 51.9 Å². The van der Waals surface area contributed by atoms with Crippen LogP contribution < -0.4 is 0 Å². The molecule has 0 N–H and O–H groups in total. The molecule has 0 radical (unpaired) electrons. The molecule has 17 heavy (non-hydrogen) atoms. The van der Waals surface area contributed by atoms with Crippen LogP contribution in [0.15, 0.2) is 0 Å². The van der Waals surface area contributed by atoms with E-state index in [9.17, 15) is 9.59 Å². The predicted molar refractivity (Wildman–Crippen MR) is 71.1 cm³/mol. The maximum atomic E-state index is 11.0. The van der Waals surface area contributed by atoms with E-state index >= 15 is 0 Å². The van der Waals surface area contributed by atoms with Crippen molar-refractivity contribution >= 4 is 41.5 Å². The molecule has 0 fully saturated rings. The van der Waals surface area contributed by atoms with Gasteiger partial charge >= 0.3 is 41.5 Å². The van der Waals surface area contributed by atoms with Crippen LogP contribution in [0.2, 0.25) is 0 Å². The van der Waals surface area contributed by atoms with Crippen molar-refractivity contribution in [1.82, 2.24) is 0 Å². The zero-order valence-electron chi connectivity index (χ0n) is 10.6. The first-order valence-electron chi connectivity index (χ1n) is 6.38. The number of unbranched alkanes of at least 4 members (excludes halogenated alkanes) is 7. The van der Waals surface area contributed by atoms with Crippen molar-refractivity contribution in [2.75, 3.05) is 0 Å². The number of rotatable bonds is 9. The van der Waals surface area contributed by atoms with Gasteiger partial charge in [-0.3, -0.25) is 9.59 Å². The van der Waals surface area contributed by atoms with Gasteiger partial charge in [0.05, 0.1) is 0 Å². The van der Waals surface area contributed by atoms with Gasteiger partial charge in [0, 0.05) is 13.3 Å². The van der Waals surface area contributed by atoms with Crippen molar-refractivity contribution in [3.63, 3.8) is 0 Å². The molecule has 4 heteroatoms. The summed E-state index contributed by atoms with van der Waals surface area (Å²) in [5.41, 5.74) is 0. The van der Waals surface area contributed by atoms with Gasteiger partial charge in [-0.25, -0.2) is 0 Å². The average molecular weight is 252 g/mol. The molecule has 0 aliphatic rings. The summed E-state index contributed by atoms with van der Waals surface area (Å²) < 4.78 is 4.43. The number of carbonyl (C=O) groups excluding carboxylic acids is 2. The summed E-state index contributed by atoms with van der Waals surface area (Å²) in [6.45, 7) is 3.46. The zero-order valence-corrected chi connectivity index (χ0v) is 10.6. The number of hydrogen-bond donors (Lipinski definition) is 0. The third-order valence-corrected chi connectivity index (χ3v) is 2.49. The van der Waals surface area contributed by atoms with Crippen molar-refractivity contribution < 1.29 is 14.3 Å². The van der Waals surface area contributed by atoms with E-state index in [1.54, 1.807) is 0 Å². The van der Waals surface area contributed by atoms with Crippen LogP contribution in [0.3, 0.4) is 0 Å². The zero-order chi connectivity index (χ0) is 12.2. The first-order chi connectivity index (χ1) is 7.66. The second-order valence-corrected chi connectivity index (χ2v) is 4.19. The second kappa shape index (κ2) is 14.2. The third-order valence-electron chi connectivity index (χ3n) is 2.49. The molecular formula is C13H25NaO3. The molecule has 0 bridgehead atoms. The third kappa shape index (κ3) is 16.1. The van der Waals surface area contributed by atoms with Crippen molar-refractivity contribution in [2.45, 2.75) is 71.6 Å². The van der Waals surface area contributed by atoms with Crippen molar-refractivity contribution in [3.05, 3.63) is 0 Å². The SMILES string of the molecule is CCCCCCCCCCC(=O)OC(C)=O.[NaH]. The summed E-state index contributed by atoms with van der Waals surface area (Å²) in [6, 6.07) is 0. The first-order valence-corrected chi connectivity index (χ1v) is 6.38. The van der Waals surface area contributed by atoms with Crippen LogP contribution >= 0.6 is 0 Å². The Labute approximate surface area is 127 Å². The fourth-order valence-corrected chi connectivity index (χ4v) is 1.61. The summed E-state index contributed by atoms with van der Waals surface area (Å²) in [5, 5.41) is 0. The van der Waals surface area contributed by atoms with E-state index in [-0.39, 0.29) is 29.6 Å². The van der Waals surface area contributed by atoms with Crippen molar-refractivity contribution in [2.24, 2.45) is 0 Å². The standard InChI is InChI=1S/C13H24O3.Na.H/c1-3-4-5-6-7-8-9-10-11-13(15)16-12(2)14;;/h3-11H2,1-2H3;;. The number of esters is 2. The summed E-state index contributed by atoms with van der Waals surface area (Å²) in [4.78, 5) is 21.4. The molecule has 0 atom stereocenters. The second-order valence-electron chi connectivity index (χ2n) is 4.19. The molecule has 0 rings (SSSR count). The molecule has 0 saturated heterocycles. The van der Waals surface area contributed by atoms with Crippen molar-refractivity contribution in [3.8, 4) is 0 Å². The molecule has 0 amide bonds. The molecule has 96 valence electrons. The van der Waals surface area contributed by atoms with E-state index in [2.05, 4.69) is 11.7 Å². The molecule has 0 aliphatic carbocycles. The Morgan fingerprint density at radius 1 is 0.882 bits per heavy atom. The average Bonchev–Trinajstić information content (AvgIpc) is 2.21. The fraction of sp³-hybridized carbons (Fsp3) is 0.846. The van der Waals surface area contributed by atoms with Crippen LogP contribution in [0.5, 0.6) is 0 Å². The monoisotopic (exact) mass is 252 g/mol.